The Labute approximate surface area is 225 Å². The van der Waals surface area contributed by atoms with Gasteiger partial charge in [0.05, 0.1) is 17.4 Å². The number of aromatic nitrogens is 1. The lowest BCUT2D eigenvalue weighted by Gasteiger charge is -2.19. The molecular formula is C32H23ClN2O3. The lowest BCUT2D eigenvalue weighted by Crippen LogP contribution is -2.11. The van der Waals surface area contributed by atoms with Crippen LogP contribution in [0.3, 0.4) is 0 Å². The number of carboxylic acid groups (broad SMARTS) is 1. The Morgan fingerprint density at radius 2 is 1.39 bits per heavy atom. The zero-order chi connectivity index (χ0) is 26.6. The van der Waals surface area contributed by atoms with Gasteiger partial charge in [0.15, 0.2) is 0 Å². The Balaban J connectivity index is 1.46. The first-order valence-corrected chi connectivity index (χ1v) is 12.3. The van der Waals surface area contributed by atoms with E-state index in [0.29, 0.717) is 10.6 Å². The van der Waals surface area contributed by atoms with Gasteiger partial charge in [-0.15, -0.1) is 0 Å². The van der Waals surface area contributed by atoms with E-state index in [1.165, 1.54) is 6.07 Å². The number of rotatable bonds is 7. The van der Waals surface area contributed by atoms with E-state index in [0.717, 1.165) is 28.1 Å². The molecule has 1 heterocycles. The van der Waals surface area contributed by atoms with Gasteiger partial charge in [-0.2, -0.15) is 0 Å². The summed E-state index contributed by atoms with van der Waals surface area (Å²) < 4.78 is 0. The van der Waals surface area contributed by atoms with Crippen LogP contribution in [0.1, 0.15) is 26.4 Å². The van der Waals surface area contributed by atoms with Crippen molar-refractivity contribution in [2.45, 2.75) is 0 Å². The van der Waals surface area contributed by atoms with Gasteiger partial charge in [-0.25, -0.2) is 4.79 Å². The highest BCUT2D eigenvalue weighted by molar-refractivity contribution is 6.30. The number of carbonyl (C=O) groups excluding carboxylic acids is 1. The number of hydrogen-bond acceptors (Lipinski definition) is 4. The van der Waals surface area contributed by atoms with Crippen molar-refractivity contribution in [3.8, 4) is 22.3 Å². The summed E-state index contributed by atoms with van der Waals surface area (Å²) in [7, 11) is 1.90. The number of carboxylic acids is 1. The number of pyridine rings is 1. The van der Waals surface area contributed by atoms with Crippen LogP contribution in [-0.2, 0) is 0 Å². The summed E-state index contributed by atoms with van der Waals surface area (Å²) >= 11 is 5.98. The quantitative estimate of drug-likeness (QED) is 0.223. The van der Waals surface area contributed by atoms with Gasteiger partial charge in [-0.3, -0.25) is 9.78 Å². The molecule has 0 aliphatic heterocycles. The second-order valence-electron chi connectivity index (χ2n) is 8.74. The van der Waals surface area contributed by atoms with Crippen LogP contribution in [0.15, 0.2) is 115 Å². The number of carbonyl (C=O) groups is 2. The van der Waals surface area contributed by atoms with Crippen molar-refractivity contribution in [2.24, 2.45) is 0 Å². The number of nitrogens with zero attached hydrogens (tertiary/aromatic N) is 2. The van der Waals surface area contributed by atoms with Crippen LogP contribution in [0.5, 0.6) is 0 Å². The number of benzene rings is 4. The fourth-order valence-electron chi connectivity index (χ4n) is 4.37. The third-order valence-electron chi connectivity index (χ3n) is 6.40. The number of aromatic carboxylic acids is 1. The van der Waals surface area contributed by atoms with Gasteiger partial charge < -0.3 is 10.0 Å². The van der Waals surface area contributed by atoms with Crippen LogP contribution in [0.25, 0.3) is 22.3 Å². The van der Waals surface area contributed by atoms with E-state index in [1.54, 1.807) is 42.6 Å². The fraction of sp³-hybridized carbons (Fsp3) is 0.0312. The molecule has 5 rings (SSSR count). The Morgan fingerprint density at radius 3 is 2.05 bits per heavy atom. The van der Waals surface area contributed by atoms with E-state index >= 15 is 0 Å². The molecule has 0 aliphatic rings. The molecule has 5 aromatic rings. The summed E-state index contributed by atoms with van der Waals surface area (Å²) in [5, 5.41) is 10.7. The summed E-state index contributed by atoms with van der Waals surface area (Å²) in [6.45, 7) is 0. The van der Waals surface area contributed by atoms with Crippen LogP contribution in [0.2, 0.25) is 5.02 Å². The zero-order valence-corrected chi connectivity index (χ0v) is 21.3. The second kappa shape index (κ2) is 10.7. The van der Waals surface area contributed by atoms with Gasteiger partial charge in [-0.05, 0) is 64.7 Å². The number of ketones is 1. The van der Waals surface area contributed by atoms with Crippen molar-refractivity contribution < 1.29 is 14.7 Å². The molecule has 0 unspecified atom stereocenters. The average Bonchev–Trinajstić information content (AvgIpc) is 2.97. The molecule has 0 bridgehead atoms. The maximum atomic E-state index is 13.3. The number of hydrogen-bond donors (Lipinski definition) is 1. The van der Waals surface area contributed by atoms with Crippen LogP contribution >= 0.6 is 11.6 Å². The third-order valence-corrected chi connectivity index (χ3v) is 6.65. The van der Waals surface area contributed by atoms with Crippen molar-refractivity contribution in [1.82, 2.24) is 4.98 Å². The van der Waals surface area contributed by atoms with Crippen LogP contribution in [0.4, 0.5) is 11.4 Å². The number of anilines is 2. The first-order valence-electron chi connectivity index (χ1n) is 11.9. The van der Waals surface area contributed by atoms with Crippen molar-refractivity contribution in [1.29, 1.82) is 0 Å². The van der Waals surface area contributed by atoms with Crippen molar-refractivity contribution in [2.75, 3.05) is 11.9 Å². The lowest BCUT2D eigenvalue weighted by atomic mass is 9.90. The largest absolute Gasteiger partial charge is 0.478 e. The monoisotopic (exact) mass is 518 g/mol. The second-order valence-corrected chi connectivity index (χ2v) is 9.18. The standard InChI is InChI=1S/C32H23ClN2O3/c1-35(24-14-12-23(33)13-15-24)25-16-18-30(34-20-25)31(36)22-11-17-28(29(19-22)32(37)38)27-10-6-5-9-26(27)21-7-3-2-4-8-21/h2-20H,1H3,(H,37,38). The van der Waals surface area contributed by atoms with E-state index < -0.39 is 5.97 Å². The summed E-state index contributed by atoms with van der Waals surface area (Å²) in [5.74, 6) is -1.46. The van der Waals surface area contributed by atoms with Gasteiger partial charge in [0.2, 0.25) is 5.78 Å². The molecule has 1 N–H and O–H groups in total. The summed E-state index contributed by atoms with van der Waals surface area (Å²) in [5.41, 5.74) is 5.48. The summed E-state index contributed by atoms with van der Waals surface area (Å²) in [6, 6.07) is 33.1. The van der Waals surface area contributed by atoms with Crippen molar-refractivity contribution in [3.05, 3.63) is 137 Å². The van der Waals surface area contributed by atoms with Crippen molar-refractivity contribution in [3.63, 3.8) is 0 Å². The van der Waals surface area contributed by atoms with Gasteiger partial charge in [0.1, 0.15) is 5.69 Å². The highest BCUT2D eigenvalue weighted by Crippen LogP contribution is 2.35. The van der Waals surface area contributed by atoms with E-state index in [2.05, 4.69) is 4.98 Å². The minimum absolute atomic E-state index is 0.0540. The maximum Gasteiger partial charge on any atom is 0.336 e. The molecule has 0 saturated heterocycles. The Bertz CT molecular complexity index is 1620. The highest BCUT2D eigenvalue weighted by atomic mass is 35.5. The molecule has 0 fully saturated rings. The SMILES string of the molecule is CN(c1ccc(Cl)cc1)c1ccc(C(=O)c2ccc(-c3ccccc3-c3ccccc3)c(C(=O)O)c2)nc1. The van der Waals surface area contributed by atoms with E-state index in [-0.39, 0.29) is 22.6 Å². The van der Waals surface area contributed by atoms with Crippen LogP contribution in [0, 0.1) is 0 Å². The minimum Gasteiger partial charge on any atom is -0.478 e. The predicted octanol–water partition coefficient (Wildman–Crippen LogP) is 7.77. The molecule has 186 valence electrons. The summed E-state index contributed by atoms with van der Waals surface area (Å²) in [4.78, 5) is 31.8. The highest BCUT2D eigenvalue weighted by Gasteiger charge is 2.19. The summed E-state index contributed by atoms with van der Waals surface area (Å²) in [6.07, 6.45) is 1.62. The Morgan fingerprint density at radius 1 is 0.737 bits per heavy atom. The van der Waals surface area contributed by atoms with E-state index in [4.69, 9.17) is 11.6 Å². The Kier molecular flexibility index (Phi) is 7.03. The average molecular weight is 519 g/mol. The zero-order valence-electron chi connectivity index (χ0n) is 20.5. The molecule has 0 radical (unpaired) electrons. The minimum atomic E-state index is -1.11. The fourth-order valence-corrected chi connectivity index (χ4v) is 4.49. The molecule has 5 nitrogen and oxygen atoms in total. The van der Waals surface area contributed by atoms with E-state index in [9.17, 15) is 14.7 Å². The third kappa shape index (κ3) is 5.05. The van der Waals surface area contributed by atoms with Gasteiger partial charge >= 0.3 is 5.97 Å². The molecular weight excluding hydrogens is 496 g/mol. The topological polar surface area (TPSA) is 70.5 Å². The normalized spacial score (nSPS) is 10.7. The molecule has 0 saturated carbocycles. The Hall–Kier alpha value is -4.74. The molecule has 4 aromatic carbocycles. The first kappa shape index (κ1) is 24.9. The number of halogens is 1. The molecule has 38 heavy (non-hydrogen) atoms. The molecule has 0 amide bonds. The van der Waals surface area contributed by atoms with Gasteiger partial charge in [0, 0.05) is 23.3 Å². The predicted molar refractivity (Wildman–Crippen MR) is 151 cm³/mol. The molecule has 1 aromatic heterocycles. The lowest BCUT2D eigenvalue weighted by molar-refractivity contribution is 0.0697. The van der Waals surface area contributed by atoms with Crippen LogP contribution < -0.4 is 4.90 Å². The maximum absolute atomic E-state index is 13.3. The van der Waals surface area contributed by atoms with Crippen LogP contribution in [-0.4, -0.2) is 28.9 Å². The van der Waals surface area contributed by atoms with Crippen molar-refractivity contribution >= 4 is 34.7 Å². The molecule has 0 aliphatic carbocycles. The van der Waals surface area contributed by atoms with E-state index in [1.807, 2.05) is 78.7 Å². The smallest absolute Gasteiger partial charge is 0.336 e. The molecule has 0 spiro atoms. The first-order chi connectivity index (χ1) is 18.4. The molecule has 0 atom stereocenters. The van der Waals surface area contributed by atoms with Gasteiger partial charge in [-0.1, -0.05) is 78.3 Å². The van der Waals surface area contributed by atoms with Gasteiger partial charge in [0.25, 0.3) is 0 Å². The molecule has 6 heteroatoms.